The Balaban J connectivity index is 1.71. The monoisotopic (exact) mass is 310 g/mol. The summed E-state index contributed by atoms with van der Waals surface area (Å²) in [5.74, 6) is 0.530. The minimum absolute atomic E-state index is 0.0777. The van der Waals surface area contributed by atoms with Crippen molar-refractivity contribution in [2.24, 2.45) is 0 Å². The Labute approximate surface area is 136 Å². The molecule has 1 heterocycles. The third-order valence-corrected chi connectivity index (χ3v) is 4.22. The van der Waals surface area contributed by atoms with Crippen molar-refractivity contribution in [1.82, 2.24) is 9.97 Å². The van der Waals surface area contributed by atoms with E-state index in [9.17, 15) is 4.79 Å². The Morgan fingerprint density at radius 2 is 1.83 bits per heavy atom. The first-order valence-electron chi connectivity index (χ1n) is 8.23. The molecule has 0 spiro atoms. The van der Waals surface area contributed by atoms with Gasteiger partial charge in [0.2, 0.25) is 5.95 Å². The van der Waals surface area contributed by atoms with Crippen LogP contribution in [0.15, 0.2) is 42.7 Å². The second-order valence-corrected chi connectivity index (χ2v) is 5.81. The van der Waals surface area contributed by atoms with E-state index in [0.717, 1.165) is 5.69 Å². The highest BCUT2D eigenvalue weighted by molar-refractivity contribution is 6.05. The number of nitrogens with one attached hydrogen (secondary N) is 1. The van der Waals surface area contributed by atoms with Gasteiger partial charge in [0.25, 0.3) is 5.91 Å². The number of para-hydroxylation sites is 1. The van der Waals surface area contributed by atoms with Gasteiger partial charge in [0, 0.05) is 30.7 Å². The summed E-state index contributed by atoms with van der Waals surface area (Å²) in [4.78, 5) is 23.0. The summed E-state index contributed by atoms with van der Waals surface area (Å²) in [5, 5.41) is 3.33. The first kappa shape index (κ1) is 15.5. The largest absolute Gasteiger partial charge is 0.351 e. The second-order valence-electron chi connectivity index (χ2n) is 5.81. The molecule has 120 valence electrons. The van der Waals surface area contributed by atoms with Crippen LogP contribution in [0.4, 0.5) is 11.6 Å². The number of benzene rings is 1. The van der Waals surface area contributed by atoms with Crippen molar-refractivity contribution in [2.45, 2.75) is 38.6 Å². The summed E-state index contributed by atoms with van der Waals surface area (Å²) in [6.45, 7) is 2.56. The number of rotatable bonds is 5. The lowest BCUT2D eigenvalue weighted by molar-refractivity contribution is 0.0987. The molecule has 5 heteroatoms. The summed E-state index contributed by atoms with van der Waals surface area (Å²) in [6, 6.07) is 10.1. The third kappa shape index (κ3) is 3.67. The molecule has 3 rings (SSSR count). The molecule has 5 nitrogen and oxygen atoms in total. The highest BCUT2D eigenvalue weighted by atomic mass is 16.2. The van der Waals surface area contributed by atoms with Gasteiger partial charge in [0.1, 0.15) is 0 Å². The molecule has 1 aliphatic carbocycles. The first-order valence-corrected chi connectivity index (χ1v) is 8.23. The lowest BCUT2D eigenvalue weighted by atomic mass is 10.2. The van der Waals surface area contributed by atoms with Gasteiger partial charge in [-0.25, -0.2) is 9.97 Å². The molecule has 0 aliphatic heterocycles. The van der Waals surface area contributed by atoms with Crippen LogP contribution in [0.3, 0.4) is 0 Å². The number of amides is 1. The Kier molecular flexibility index (Phi) is 4.86. The van der Waals surface area contributed by atoms with Gasteiger partial charge >= 0.3 is 0 Å². The zero-order valence-corrected chi connectivity index (χ0v) is 13.4. The maximum Gasteiger partial charge on any atom is 0.261 e. The summed E-state index contributed by atoms with van der Waals surface area (Å²) in [6.07, 6.45) is 8.08. The fourth-order valence-corrected chi connectivity index (χ4v) is 2.97. The summed E-state index contributed by atoms with van der Waals surface area (Å²) < 4.78 is 0. The molecule has 23 heavy (non-hydrogen) atoms. The molecule has 1 fully saturated rings. The molecule has 0 radical (unpaired) electrons. The van der Waals surface area contributed by atoms with Crippen LogP contribution < -0.4 is 10.2 Å². The number of hydrogen-bond acceptors (Lipinski definition) is 4. The quantitative estimate of drug-likeness (QED) is 0.918. The number of nitrogens with zero attached hydrogens (tertiary/aromatic N) is 3. The zero-order valence-electron chi connectivity index (χ0n) is 13.4. The second kappa shape index (κ2) is 7.22. The Bertz CT molecular complexity index is 636. The Morgan fingerprint density at radius 3 is 2.43 bits per heavy atom. The average molecular weight is 310 g/mol. The number of hydrogen-bond donors (Lipinski definition) is 1. The minimum Gasteiger partial charge on any atom is -0.351 e. The predicted octanol–water partition coefficient (Wildman–Crippen LogP) is 3.50. The average Bonchev–Trinajstić information content (AvgIpc) is 3.10. The molecule has 0 saturated heterocycles. The molecule has 0 bridgehead atoms. The molecular formula is C18H22N4O. The van der Waals surface area contributed by atoms with Crippen LogP contribution in [-0.4, -0.2) is 28.5 Å². The Hall–Kier alpha value is -2.43. The van der Waals surface area contributed by atoms with Gasteiger partial charge in [-0.1, -0.05) is 31.0 Å². The van der Waals surface area contributed by atoms with Gasteiger partial charge in [0.05, 0.1) is 5.56 Å². The molecule has 1 amide bonds. The van der Waals surface area contributed by atoms with E-state index in [1.54, 1.807) is 17.3 Å². The van der Waals surface area contributed by atoms with Gasteiger partial charge < -0.3 is 10.2 Å². The van der Waals surface area contributed by atoms with Gasteiger partial charge in [-0.2, -0.15) is 0 Å². The van der Waals surface area contributed by atoms with Gasteiger partial charge in [0.15, 0.2) is 0 Å². The van der Waals surface area contributed by atoms with Crippen molar-refractivity contribution < 1.29 is 4.79 Å². The molecule has 1 aromatic heterocycles. The van der Waals surface area contributed by atoms with Crippen LogP contribution in [0.25, 0.3) is 0 Å². The molecule has 1 aliphatic rings. The van der Waals surface area contributed by atoms with E-state index in [0.29, 0.717) is 24.1 Å². The van der Waals surface area contributed by atoms with Crippen LogP contribution in [0.2, 0.25) is 0 Å². The predicted molar refractivity (Wildman–Crippen MR) is 91.7 cm³/mol. The van der Waals surface area contributed by atoms with Gasteiger partial charge in [-0.05, 0) is 31.9 Å². The molecule has 1 N–H and O–H groups in total. The molecule has 1 saturated carbocycles. The van der Waals surface area contributed by atoms with Crippen molar-refractivity contribution in [1.29, 1.82) is 0 Å². The van der Waals surface area contributed by atoms with E-state index in [1.807, 2.05) is 37.3 Å². The summed E-state index contributed by atoms with van der Waals surface area (Å²) in [7, 11) is 0. The number of anilines is 2. The highest BCUT2D eigenvalue weighted by Gasteiger charge is 2.18. The maximum absolute atomic E-state index is 12.7. The van der Waals surface area contributed by atoms with E-state index in [-0.39, 0.29) is 5.91 Å². The highest BCUT2D eigenvalue weighted by Crippen LogP contribution is 2.21. The van der Waals surface area contributed by atoms with Gasteiger partial charge in [-0.15, -0.1) is 0 Å². The zero-order chi connectivity index (χ0) is 16.1. The number of carbonyl (C=O) groups is 1. The first-order chi connectivity index (χ1) is 11.3. The smallest absolute Gasteiger partial charge is 0.261 e. The van der Waals surface area contributed by atoms with Crippen LogP contribution >= 0.6 is 0 Å². The van der Waals surface area contributed by atoms with Crippen LogP contribution in [0.5, 0.6) is 0 Å². The normalized spacial score (nSPS) is 14.7. The molecule has 0 atom stereocenters. The minimum atomic E-state index is -0.0777. The fraction of sp³-hybridized carbons (Fsp3) is 0.389. The van der Waals surface area contributed by atoms with E-state index in [1.165, 1.54) is 25.7 Å². The molecule has 2 aromatic rings. The summed E-state index contributed by atoms with van der Waals surface area (Å²) >= 11 is 0. The summed E-state index contributed by atoms with van der Waals surface area (Å²) in [5.41, 5.74) is 1.39. The van der Waals surface area contributed by atoms with Crippen LogP contribution in [0.1, 0.15) is 43.0 Å². The van der Waals surface area contributed by atoms with Crippen molar-refractivity contribution in [3.63, 3.8) is 0 Å². The Morgan fingerprint density at radius 1 is 1.17 bits per heavy atom. The van der Waals surface area contributed by atoms with Crippen molar-refractivity contribution in [3.05, 3.63) is 48.3 Å². The van der Waals surface area contributed by atoms with E-state index in [2.05, 4.69) is 15.3 Å². The van der Waals surface area contributed by atoms with Crippen LogP contribution in [0, 0.1) is 0 Å². The standard InChI is InChI=1S/C18H22N4O/c1-2-22(16-10-4-3-5-11-16)17(23)14-12-19-18(20-13-14)21-15-8-6-7-9-15/h3-5,10-13,15H,2,6-9H2,1H3,(H,19,20,21). The van der Waals surface area contributed by atoms with E-state index in [4.69, 9.17) is 0 Å². The van der Waals surface area contributed by atoms with Crippen molar-refractivity contribution in [2.75, 3.05) is 16.8 Å². The van der Waals surface area contributed by atoms with Crippen molar-refractivity contribution >= 4 is 17.5 Å². The van der Waals surface area contributed by atoms with Gasteiger partial charge in [-0.3, -0.25) is 4.79 Å². The lowest BCUT2D eigenvalue weighted by Crippen LogP contribution is -2.30. The maximum atomic E-state index is 12.7. The topological polar surface area (TPSA) is 58.1 Å². The molecule has 0 unspecified atom stereocenters. The third-order valence-electron chi connectivity index (χ3n) is 4.22. The number of aromatic nitrogens is 2. The molecule has 1 aromatic carbocycles. The van der Waals surface area contributed by atoms with E-state index >= 15 is 0 Å². The van der Waals surface area contributed by atoms with Crippen LogP contribution in [-0.2, 0) is 0 Å². The van der Waals surface area contributed by atoms with Crippen molar-refractivity contribution in [3.8, 4) is 0 Å². The fourth-order valence-electron chi connectivity index (χ4n) is 2.97. The number of carbonyl (C=O) groups excluding carboxylic acids is 1. The SMILES string of the molecule is CCN(C(=O)c1cnc(NC2CCCC2)nc1)c1ccccc1. The lowest BCUT2D eigenvalue weighted by Gasteiger charge is -2.21. The van der Waals surface area contributed by atoms with E-state index < -0.39 is 0 Å². The molecular weight excluding hydrogens is 288 g/mol.